The molecule has 0 unspecified atom stereocenters. The minimum absolute atomic E-state index is 0. The van der Waals surface area contributed by atoms with E-state index in [9.17, 15) is 0 Å². The molecule has 0 N–H and O–H groups in total. The topological polar surface area (TPSA) is 18.5 Å². The number of methoxy groups -OCH3 is 1. The second kappa shape index (κ2) is 9.75. The number of ether oxygens (including phenoxy) is 1. The van der Waals surface area contributed by atoms with E-state index in [0.29, 0.717) is 0 Å². The Labute approximate surface area is 178 Å². The monoisotopic (exact) mass is 450 g/mol. The fourth-order valence-electron chi connectivity index (χ4n) is 2.86. The van der Waals surface area contributed by atoms with E-state index < -0.39 is 25.9 Å². The van der Waals surface area contributed by atoms with Crippen molar-refractivity contribution in [2.45, 2.75) is 52.2 Å². The Hall–Kier alpha value is -0.319. The van der Waals surface area contributed by atoms with Gasteiger partial charge in [0.1, 0.15) is 0 Å². The Morgan fingerprint density at radius 3 is 2.12 bits per heavy atom. The molecule has 1 aliphatic carbocycles. The van der Waals surface area contributed by atoms with E-state index in [2.05, 4.69) is 69.5 Å². The standard InChI is InChI=1S/C11H16O2.C8H13Si.CH2.2ClH.Ti/c1-11(2,3)8-5-9(12)7-10(6-8)13-4;1-9(2,3)8-6-4-5-7-8;;;;/h5-7,12H,1-4H3;4,6H,5H2,1-3H3;1H2;2*1H;/q;;;;;+1/p-1. The second-order valence-electron chi connectivity index (χ2n) is 8.42. The Balaban J connectivity index is 0.00000312. The zero-order valence-corrected chi connectivity index (χ0v) is 21.1. The van der Waals surface area contributed by atoms with Gasteiger partial charge in [0.25, 0.3) is 0 Å². The van der Waals surface area contributed by atoms with Gasteiger partial charge in [0.2, 0.25) is 0 Å². The molecule has 0 fully saturated rings. The summed E-state index contributed by atoms with van der Waals surface area (Å²) in [6, 6.07) is 6.24. The van der Waals surface area contributed by atoms with Crippen LogP contribution in [0.2, 0.25) is 19.6 Å². The van der Waals surface area contributed by atoms with Crippen LogP contribution in [0.1, 0.15) is 32.8 Å². The number of hydrogen-bond donors (Lipinski definition) is 0. The van der Waals surface area contributed by atoms with Gasteiger partial charge in [0, 0.05) is 0 Å². The third-order valence-corrected chi connectivity index (χ3v) is 9.32. The Bertz CT molecular complexity index is 714. The van der Waals surface area contributed by atoms with Crippen molar-refractivity contribution in [1.29, 1.82) is 0 Å². The molecule has 26 heavy (non-hydrogen) atoms. The molecule has 2 nitrogen and oxygen atoms in total. The Morgan fingerprint density at radius 2 is 1.62 bits per heavy atom. The van der Waals surface area contributed by atoms with Crippen LogP contribution in [0, 0.1) is 0 Å². The maximum absolute atomic E-state index is 6.40. The van der Waals surface area contributed by atoms with Gasteiger partial charge in [0.15, 0.2) is 0 Å². The number of benzene rings is 1. The number of halogens is 2. The van der Waals surface area contributed by atoms with Crippen LogP contribution >= 0.6 is 24.8 Å². The molecule has 0 bridgehead atoms. The van der Waals surface area contributed by atoms with Crippen molar-refractivity contribution in [2.24, 2.45) is 0 Å². The molecule has 0 aromatic heterocycles. The minimum atomic E-state index is -2.01. The van der Waals surface area contributed by atoms with Crippen LogP contribution in [0.25, 0.3) is 0 Å². The molecule has 0 radical (unpaired) electrons. The molecule has 146 valence electrons. The van der Waals surface area contributed by atoms with Gasteiger partial charge in [-0.15, -0.1) is 24.8 Å². The van der Waals surface area contributed by atoms with Crippen molar-refractivity contribution in [1.82, 2.24) is 0 Å². The summed E-state index contributed by atoms with van der Waals surface area (Å²) in [5.41, 5.74) is 1.29. The van der Waals surface area contributed by atoms with Crippen molar-refractivity contribution < 1.29 is 25.9 Å². The summed E-state index contributed by atoms with van der Waals surface area (Å²) >= 11 is -2.01. The third kappa shape index (κ3) is 6.38. The van der Waals surface area contributed by atoms with Crippen LogP contribution in [0.5, 0.6) is 11.5 Å². The van der Waals surface area contributed by atoms with Crippen LogP contribution in [0.3, 0.4) is 0 Å². The summed E-state index contributed by atoms with van der Waals surface area (Å²) in [5.74, 6) is 1.76. The molecule has 0 heterocycles. The Kier molecular flexibility index (Phi) is 9.63. The van der Waals surface area contributed by atoms with Crippen LogP contribution < -0.4 is 8.06 Å². The fourth-order valence-corrected chi connectivity index (χ4v) is 8.77. The predicted molar refractivity (Wildman–Crippen MR) is 118 cm³/mol. The first-order valence-corrected chi connectivity index (χ1v) is 14.5. The number of rotatable bonds is 5. The summed E-state index contributed by atoms with van der Waals surface area (Å²) in [4.78, 5) is 4.45. The SMILES string of the molecule is Cl.Cl.[CH2]=[Ti]([O]c1cc(OC)cc(C(C)(C)C)c1)[C]1=C([Si](C)(C)C)C=CC1. The van der Waals surface area contributed by atoms with Gasteiger partial charge in [-0.2, -0.15) is 0 Å². The number of allylic oxidation sites excluding steroid dienone is 4. The van der Waals surface area contributed by atoms with E-state index in [1.54, 1.807) is 12.3 Å². The summed E-state index contributed by atoms with van der Waals surface area (Å²) in [5, 5.41) is 1.55. The van der Waals surface area contributed by atoms with Crippen molar-refractivity contribution in [3.63, 3.8) is 0 Å². The molecular weight excluding hydrogens is 419 g/mol. The molecule has 0 spiro atoms. The predicted octanol–water partition coefficient (Wildman–Crippen LogP) is 6.27. The third-order valence-electron chi connectivity index (χ3n) is 4.30. The zero-order valence-electron chi connectivity index (χ0n) is 16.9. The van der Waals surface area contributed by atoms with E-state index >= 15 is 0 Å². The van der Waals surface area contributed by atoms with Crippen molar-refractivity contribution in [3.05, 3.63) is 45.0 Å². The first kappa shape index (κ1) is 25.7. The molecule has 6 heteroatoms. The Morgan fingerprint density at radius 1 is 1.04 bits per heavy atom. The van der Waals surface area contributed by atoms with E-state index in [1.165, 1.54) is 9.44 Å². The first-order valence-electron chi connectivity index (χ1n) is 8.49. The summed E-state index contributed by atoms with van der Waals surface area (Å²) in [6.07, 6.45) is 5.61. The second-order valence-corrected chi connectivity index (χ2v) is 16.0. The van der Waals surface area contributed by atoms with Gasteiger partial charge >= 0.3 is 155 Å². The summed E-state index contributed by atoms with van der Waals surface area (Å²) in [7, 11) is 0.372. The normalized spacial score (nSPS) is 13.8. The first-order chi connectivity index (χ1) is 11.0. The molecule has 2 rings (SSSR count). The van der Waals surface area contributed by atoms with Crippen LogP contribution in [-0.2, 0) is 23.2 Å². The van der Waals surface area contributed by atoms with Gasteiger partial charge in [-0.25, -0.2) is 0 Å². The summed E-state index contributed by atoms with van der Waals surface area (Å²) < 4.78 is 13.4. The quantitative estimate of drug-likeness (QED) is 0.492. The van der Waals surface area contributed by atoms with Crippen LogP contribution in [-0.4, -0.2) is 20.0 Å². The molecular formula is C20H32Cl2O2SiTi. The average molecular weight is 451 g/mol. The molecule has 1 aromatic rings. The molecule has 0 saturated carbocycles. The van der Waals surface area contributed by atoms with Crippen molar-refractivity contribution in [3.8, 4) is 11.5 Å². The molecule has 1 aromatic carbocycles. The van der Waals surface area contributed by atoms with E-state index in [-0.39, 0.29) is 30.2 Å². The average Bonchev–Trinajstić information content (AvgIpc) is 2.95. The molecule has 0 saturated heterocycles. The molecule has 0 amide bonds. The van der Waals surface area contributed by atoms with Crippen LogP contribution in [0.15, 0.2) is 39.4 Å². The molecule has 0 aliphatic heterocycles. The number of hydrogen-bond acceptors (Lipinski definition) is 2. The van der Waals surface area contributed by atoms with Gasteiger partial charge in [0.05, 0.1) is 0 Å². The van der Waals surface area contributed by atoms with Gasteiger partial charge < -0.3 is 0 Å². The fraction of sp³-hybridized carbons (Fsp3) is 0.450. The molecule has 0 atom stereocenters. The maximum atomic E-state index is 6.40. The van der Waals surface area contributed by atoms with Crippen molar-refractivity contribution >= 4 is 37.7 Å². The zero-order chi connectivity index (χ0) is 18.1. The van der Waals surface area contributed by atoms with Gasteiger partial charge in [-0.1, -0.05) is 0 Å². The van der Waals surface area contributed by atoms with Gasteiger partial charge in [-0.3, -0.25) is 0 Å². The van der Waals surface area contributed by atoms with Gasteiger partial charge in [-0.05, 0) is 0 Å². The van der Waals surface area contributed by atoms with E-state index in [1.807, 2.05) is 6.07 Å². The van der Waals surface area contributed by atoms with Crippen LogP contribution in [0.4, 0.5) is 0 Å². The van der Waals surface area contributed by atoms with E-state index in [0.717, 1.165) is 17.9 Å². The van der Waals surface area contributed by atoms with Crippen molar-refractivity contribution in [2.75, 3.05) is 7.11 Å². The van der Waals surface area contributed by atoms with E-state index in [4.69, 9.17) is 8.06 Å². The molecule has 1 aliphatic rings. The summed E-state index contributed by atoms with van der Waals surface area (Å²) in [6.45, 7) is 13.8.